The molecule has 0 radical (unpaired) electrons. The maximum Gasteiger partial charge on any atom is 0.573 e. The number of benzene rings is 1. The van der Waals surface area contributed by atoms with Crippen molar-refractivity contribution in [2.24, 2.45) is 4.99 Å². The Bertz CT molecular complexity index is 456. The summed E-state index contributed by atoms with van der Waals surface area (Å²) in [4.78, 5) is 4.06. The van der Waals surface area contributed by atoms with Crippen LogP contribution in [0.2, 0.25) is 0 Å². The second-order valence-corrected chi connectivity index (χ2v) is 4.74. The standard InChI is InChI=1S/C14H20F3N3O/c1-10(2)20-13(18-3)19-9-8-11-4-6-12(7-5-11)21-14(15,16)17/h4-7,10H,8-9H2,1-3H3,(H2,18,19,20). The normalized spacial score (nSPS) is 12.4. The van der Waals surface area contributed by atoms with Gasteiger partial charge >= 0.3 is 6.36 Å². The molecule has 0 aliphatic carbocycles. The molecule has 0 saturated carbocycles. The molecule has 0 amide bonds. The average Bonchev–Trinajstić information content (AvgIpc) is 2.37. The molecule has 1 rings (SSSR count). The largest absolute Gasteiger partial charge is 0.573 e. The monoisotopic (exact) mass is 303 g/mol. The number of ether oxygens (including phenoxy) is 1. The Hall–Kier alpha value is -1.92. The number of guanidine groups is 1. The molecule has 2 N–H and O–H groups in total. The van der Waals surface area contributed by atoms with E-state index in [4.69, 9.17) is 0 Å². The molecule has 118 valence electrons. The minimum absolute atomic E-state index is 0.212. The van der Waals surface area contributed by atoms with Crippen LogP contribution in [0.3, 0.4) is 0 Å². The molecule has 0 aromatic heterocycles. The van der Waals surface area contributed by atoms with Crippen LogP contribution in [-0.2, 0) is 6.42 Å². The zero-order valence-corrected chi connectivity index (χ0v) is 12.3. The lowest BCUT2D eigenvalue weighted by atomic mass is 10.1. The van der Waals surface area contributed by atoms with Crippen molar-refractivity contribution >= 4 is 5.96 Å². The first-order valence-corrected chi connectivity index (χ1v) is 6.62. The molecule has 1 aromatic carbocycles. The highest BCUT2D eigenvalue weighted by Crippen LogP contribution is 2.22. The summed E-state index contributed by atoms with van der Waals surface area (Å²) in [5.41, 5.74) is 0.914. The molecule has 21 heavy (non-hydrogen) atoms. The van der Waals surface area contributed by atoms with E-state index in [0.717, 1.165) is 5.56 Å². The topological polar surface area (TPSA) is 45.7 Å². The highest BCUT2D eigenvalue weighted by Gasteiger charge is 2.30. The fourth-order valence-corrected chi connectivity index (χ4v) is 1.65. The van der Waals surface area contributed by atoms with Gasteiger partial charge in [-0.05, 0) is 38.0 Å². The lowest BCUT2D eigenvalue weighted by Gasteiger charge is -2.14. The molecule has 4 nitrogen and oxygen atoms in total. The lowest BCUT2D eigenvalue weighted by molar-refractivity contribution is -0.274. The van der Waals surface area contributed by atoms with E-state index >= 15 is 0 Å². The molecule has 0 spiro atoms. The second-order valence-electron chi connectivity index (χ2n) is 4.74. The van der Waals surface area contributed by atoms with Gasteiger partial charge in [-0.2, -0.15) is 0 Å². The van der Waals surface area contributed by atoms with E-state index in [1.54, 1.807) is 19.2 Å². The summed E-state index contributed by atoms with van der Waals surface area (Å²) in [6.07, 6.45) is -3.98. The predicted molar refractivity (Wildman–Crippen MR) is 76.5 cm³/mol. The maximum atomic E-state index is 12.0. The highest BCUT2D eigenvalue weighted by atomic mass is 19.4. The van der Waals surface area contributed by atoms with Gasteiger partial charge in [0.25, 0.3) is 0 Å². The zero-order valence-electron chi connectivity index (χ0n) is 12.3. The average molecular weight is 303 g/mol. The van der Waals surface area contributed by atoms with Crippen LogP contribution in [0.25, 0.3) is 0 Å². The Morgan fingerprint density at radius 2 is 1.86 bits per heavy atom. The molecule has 0 heterocycles. The van der Waals surface area contributed by atoms with Gasteiger partial charge in [-0.1, -0.05) is 12.1 Å². The van der Waals surface area contributed by atoms with Crippen LogP contribution in [0.4, 0.5) is 13.2 Å². The van der Waals surface area contributed by atoms with Gasteiger partial charge in [-0.25, -0.2) is 0 Å². The van der Waals surface area contributed by atoms with Crippen molar-refractivity contribution in [3.63, 3.8) is 0 Å². The van der Waals surface area contributed by atoms with Crippen LogP contribution >= 0.6 is 0 Å². The predicted octanol–water partition coefficient (Wildman–Crippen LogP) is 2.70. The first-order chi connectivity index (χ1) is 9.80. The molecule has 0 atom stereocenters. The van der Waals surface area contributed by atoms with E-state index in [1.807, 2.05) is 13.8 Å². The summed E-state index contributed by atoms with van der Waals surface area (Å²) >= 11 is 0. The molecular weight excluding hydrogens is 283 g/mol. The molecule has 1 aromatic rings. The second kappa shape index (κ2) is 7.75. The van der Waals surface area contributed by atoms with E-state index in [1.165, 1.54) is 12.1 Å². The van der Waals surface area contributed by atoms with Gasteiger partial charge in [0.2, 0.25) is 0 Å². The van der Waals surface area contributed by atoms with Crippen molar-refractivity contribution < 1.29 is 17.9 Å². The van der Waals surface area contributed by atoms with Crippen molar-refractivity contribution in [2.45, 2.75) is 32.7 Å². The first-order valence-electron chi connectivity index (χ1n) is 6.62. The summed E-state index contributed by atoms with van der Waals surface area (Å²) < 4.78 is 39.9. The SMILES string of the molecule is CN=C(NCCc1ccc(OC(F)(F)F)cc1)NC(C)C. The van der Waals surface area contributed by atoms with Crippen molar-refractivity contribution in [3.05, 3.63) is 29.8 Å². The summed E-state index contributed by atoms with van der Waals surface area (Å²) in [6, 6.07) is 6.12. The number of halogens is 3. The smallest absolute Gasteiger partial charge is 0.406 e. The lowest BCUT2D eigenvalue weighted by Crippen LogP contribution is -2.41. The van der Waals surface area contributed by atoms with Gasteiger partial charge in [0.15, 0.2) is 5.96 Å². The summed E-state index contributed by atoms with van der Waals surface area (Å²) in [7, 11) is 1.68. The van der Waals surface area contributed by atoms with Crippen molar-refractivity contribution in [2.75, 3.05) is 13.6 Å². The Kier molecular flexibility index (Phi) is 6.33. The number of rotatable bonds is 5. The van der Waals surface area contributed by atoms with Crippen molar-refractivity contribution in [1.29, 1.82) is 0 Å². The summed E-state index contributed by atoms with van der Waals surface area (Å²) in [5, 5.41) is 6.27. The van der Waals surface area contributed by atoms with E-state index in [-0.39, 0.29) is 11.8 Å². The van der Waals surface area contributed by atoms with Gasteiger partial charge in [0.05, 0.1) is 0 Å². The third-order valence-corrected chi connectivity index (χ3v) is 2.51. The molecule has 0 saturated heterocycles. The van der Waals surface area contributed by atoms with Crippen LogP contribution < -0.4 is 15.4 Å². The number of alkyl halides is 3. The highest BCUT2D eigenvalue weighted by molar-refractivity contribution is 5.79. The summed E-state index contributed by atoms with van der Waals surface area (Å²) in [6.45, 7) is 4.64. The Morgan fingerprint density at radius 3 is 2.33 bits per heavy atom. The number of nitrogens with zero attached hydrogens (tertiary/aromatic N) is 1. The van der Waals surface area contributed by atoms with Crippen LogP contribution in [0.15, 0.2) is 29.3 Å². The van der Waals surface area contributed by atoms with Crippen LogP contribution in [0, 0.1) is 0 Å². The third kappa shape index (κ3) is 7.43. The molecule has 0 aliphatic heterocycles. The van der Waals surface area contributed by atoms with Crippen LogP contribution in [-0.4, -0.2) is 32.0 Å². The van der Waals surface area contributed by atoms with Crippen molar-refractivity contribution in [3.8, 4) is 5.75 Å². The van der Waals surface area contributed by atoms with Gasteiger partial charge in [-0.3, -0.25) is 4.99 Å². The van der Waals surface area contributed by atoms with E-state index in [2.05, 4.69) is 20.4 Å². The quantitative estimate of drug-likeness (QED) is 0.649. The van der Waals surface area contributed by atoms with E-state index in [0.29, 0.717) is 18.9 Å². The molecular formula is C14H20F3N3O. The van der Waals surface area contributed by atoms with Crippen molar-refractivity contribution in [1.82, 2.24) is 10.6 Å². The molecule has 7 heteroatoms. The van der Waals surface area contributed by atoms with E-state index in [9.17, 15) is 13.2 Å². The fraction of sp³-hybridized carbons (Fsp3) is 0.500. The zero-order chi connectivity index (χ0) is 15.9. The van der Waals surface area contributed by atoms with Crippen LogP contribution in [0.5, 0.6) is 5.75 Å². The van der Waals surface area contributed by atoms with Gasteiger partial charge in [0.1, 0.15) is 5.75 Å². The minimum Gasteiger partial charge on any atom is -0.406 e. The molecule has 0 aliphatic rings. The minimum atomic E-state index is -4.65. The van der Waals surface area contributed by atoms with Gasteiger partial charge in [0, 0.05) is 19.6 Å². The Labute approximate surface area is 122 Å². The molecule has 0 unspecified atom stereocenters. The Balaban J connectivity index is 2.42. The fourth-order valence-electron chi connectivity index (χ4n) is 1.65. The third-order valence-electron chi connectivity index (χ3n) is 2.51. The molecule has 0 fully saturated rings. The first kappa shape index (κ1) is 17.1. The summed E-state index contributed by atoms with van der Waals surface area (Å²) in [5.74, 6) is 0.485. The number of hydrogen-bond donors (Lipinski definition) is 2. The van der Waals surface area contributed by atoms with E-state index < -0.39 is 6.36 Å². The van der Waals surface area contributed by atoms with Crippen LogP contribution in [0.1, 0.15) is 19.4 Å². The number of hydrogen-bond acceptors (Lipinski definition) is 2. The van der Waals surface area contributed by atoms with Gasteiger partial charge in [-0.15, -0.1) is 13.2 Å². The number of nitrogens with one attached hydrogen (secondary N) is 2. The molecule has 0 bridgehead atoms. The Morgan fingerprint density at radius 1 is 1.24 bits per heavy atom. The number of aliphatic imine (C=N–C) groups is 1. The van der Waals surface area contributed by atoms with Gasteiger partial charge < -0.3 is 15.4 Å². The maximum absolute atomic E-state index is 12.0.